The molecule has 3 nitrogen and oxygen atoms in total. The van der Waals surface area contributed by atoms with E-state index in [1.807, 2.05) is 30.3 Å². The lowest BCUT2D eigenvalue weighted by Crippen LogP contribution is -2.22. The van der Waals surface area contributed by atoms with Crippen molar-refractivity contribution in [1.82, 2.24) is 0 Å². The minimum atomic E-state index is -2.52. The van der Waals surface area contributed by atoms with Gasteiger partial charge < -0.3 is 0 Å². The molecule has 0 saturated heterocycles. The van der Waals surface area contributed by atoms with Crippen molar-refractivity contribution < 1.29 is 8.42 Å². The van der Waals surface area contributed by atoms with Crippen LogP contribution in [0.25, 0.3) is 0 Å². The van der Waals surface area contributed by atoms with Crippen LogP contribution >= 0.6 is 0 Å². The predicted molar refractivity (Wildman–Crippen MR) is 63.6 cm³/mol. The summed E-state index contributed by atoms with van der Waals surface area (Å²) in [6.07, 6.45) is 3.07. The maximum Gasteiger partial charge on any atom is 0.225 e. The standard InChI is InChI=1S/C11H17NO2S/c1-2-3-7-10-12(15(13)14)11-8-5-4-6-9-11/h4-6,8-9,15H,2-3,7,10H2,1H3. The van der Waals surface area contributed by atoms with Gasteiger partial charge in [-0.2, -0.15) is 0 Å². The van der Waals surface area contributed by atoms with Gasteiger partial charge in [-0.05, 0) is 18.6 Å². The first-order valence-corrected chi connectivity index (χ1v) is 6.35. The minimum Gasteiger partial charge on any atom is -0.272 e. The Hall–Kier alpha value is -1.03. The summed E-state index contributed by atoms with van der Waals surface area (Å²) in [6.45, 7) is 2.68. The average Bonchev–Trinajstić information content (AvgIpc) is 2.25. The summed E-state index contributed by atoms with van der Waals surface area (Å²) in [5, 5.41) is 0. The van der Waals surface area contributed by atoms with Crippen LogP contribution in [0.3, 0.4) is 0 Å². The fourth-order valence-corrected chi connectivity index (χ4v) is 2.04. The summed E-state index contributed by atoms with van der Waals surface area (Å²) in [5.74, 6) is 0. The Morgan fingerprint density at radius 2 is 1.80 bits per heavy atom. The van der Waals surface area contributed by atoms with Gasteiger partial charge in [-0.3, -0.25) is 4.31 Å². The summed E-state index contributed by atoms with van der Waals surface area (Å²) in [4.78, 5) is 0. The summed E-state index contributed by atoms with van der Waals surface area (Å²) >= 11 is 0. The highest BCUT2D eigenvalue weighted by Gasteiger charge is 2.06. The first kappa shape index (κ1) is 12.0. The van der Waals surface area contributed by atoms with Gasteiger partial charge in [-0.15, -0.1) is 0 Å². The van der Waals surface area contributed by atoms with Gasteiger partial charge in [0.15, 0.2) is 0 Å². The molecule has 84 valence electrons. The predicted octanol–water partition coefficient (Wildman–Crippen LogP) is 2.21. The van der Waals surface area contributed by atoms with Crippen LogP contribution in [-0.2, 0) is 10.9 Å². The van der Waals surface area contributed by atoms with Gasteiger partial charge in [0, 0.05) is 6.54 Å². The summed E-state index contributed by atoms with van der Waals surface area (Å²) < 4.78 is 23.5. The van der Waals surface area contributed by atoms with Crippen LogP contribution in [0.15, 0.2) is 30.3 Å². The fraction of sp³-hybridized carbons (Fsp3) is 0.455. The molecule has 0 aliphatic carbocycles. The smallest absolute Gasteiger partial charge is 0.225 e. The highest BCUT2D eigenvalue weighted by atomic mass is 32.2. The van der Waals surface area contributed by atoms with Crippen molar-refractivity contribution in [1.29, 1.82) is 0 Å². The first-order valence-electron chi connectivity index (χ1n) is 5.22. The molecule has 1 aromatic carbocycles. The number of anilines is 1. The number of benzene rings is 1. The van der Waals surface area contributed by atoms with E-state index in [1.165, 1.54) is 4.31 Å². The van der Waals surface area contributed by atoms with Gasteiger partial charge >= 0.3 is 0 Å². The van der Waals surface area contributed by atoms with Gasteiger partial charge in [0.1, 0.15) is 0 Å². The molecule has 0 spiro atoms. The molecule has 0 saturated carbocycles. The quantitative estimate of drug-likeness (QED) is 0.597. The summed E-state index contributed by atoms with van der Waals surface area (Å²) in [7, 11) is -2.52. The normalized spacial score (nSPS) is 10.5. The van der Waals surface area contributed by atoms with Gasteiger partial charge in [0.25, 0.3) is 0 Å². The summed E-state index contributed by atoms with van der Waals surface area (Å²) in [5.41, 5.74) is 0.754. The minimum absolute atomic E-state index is 0.580. The molecular weight excluding hydrogens is 210 g/mol. The molecule has 0 heterocycles. The third kappa shape index (κ3) is 3.91. The Morgan fingerprint density at radius 3 is 2.33 bits per heavy atom. The number of hydrogen-bond acceptors (Lipinski definition) is 2. The monoisotopic (exact) mass is 227 g/mol. The van der Waals surface area contributed by atoms with E-state index in [4.69, 9.17) is 0 Å². The molecule has 1 aromatic rings. The molecule has 4 heteroatoms. The van der Waals surface area contributed by atoms with E-state index in [2.05, 4.69) is 6.92 Å². The van der Waals surface area contributed by atoms with Gasteiger partial charge in [0.05, 0.1) is 5.69 Å². The van der Waals surface area contributed by atoms with Crippen LogP contribution in [0.1, 0.15) is 26.2 Å². The van der Waals surface area contributed by atoms with Crippen LogP contribution in [-0.4, -0.2) is 15.0 Å². The van der Waals surface area contributed by atoms with E-state index < -0.39 is 10.9 Å². The van der Waals surface area contributed by atoms with Crippen LogP contribution in [0.5, 0.6) is 0 Å². The zero-order chi connectivity index (χ0) is 11.1. The van der Waals surface area contributed by atoms with E-state index in [1.54, 1.807) is 0 Å². The van der Waals surface area contributed by atoms with E-state index >= 15 is 0 Å². The number of unbranched alkanes of at least 4 members (excludes halogenated alkanes) is 2. The third-order valence-corrected chi connectivity index (χ3v) is 3.05. The molecule has 15 heavy (non-hydrogen) atoms. The van der Waals surface area contributed by atoms with Gasteiger partial charge in [-0.25, -0.2) is 8.42 Å². The molecule has 0 aliphatic rings. The van der Waals surface area contributed by atoms with E-state index in [0.717, 1.165) is 24.9 Å². The van der Waals surface area contributed by atoms with E-state index in [0.29, 0.717) is 6.54 Å². The van der Waals surface area contributed by atoms with Gasteiger partial charge in [-0.1, -0.05) is 38.0 Å². The SMILES string of the molecule is CCCCCN(c1ccccc1)[SH](=O)=O. The number of rotatable bonds is 6. The van der Waals surface area contributed by atoms with Crippen LogP contribution < -0.4 is 4.31 Å². The fourth-order valence-electron chi connectivity index (χ4n) is 1.42. The van der Waals surface area contributed by atoms with Crippen LogP contribution in [0.2, 0.25) is 0 Å². The number of thiol groups is 1. The topological polar surface area (TPSA) is 37.4 Å². The first-order chi connectivity index (χ1) is 7.25. The Morgan fingerprint density at radius 1 is 1.13 bits per heavy atom. The molecule has 0 fully saturated rings. The Kier molecular flexibility index (Phi) is 5.18. The number of para-hydroxylation sites is 1. The van der Waals surface area contributed by atoms with Crippen molar-refractivity contribution in [3.63, 3.8) is 0 Å². The van der Waals surface area contributed by atoms with E-state index in [9.17, 15) is 8.42 Å². The largest absolute Gasteiger partial charge is 0.272 e. The average molecular weight is 227 g/mol. The third-order valence-electron chi connectivity index (χ3n) is 2.22. The molecule has 0 amide bonds. The number of nitrogens with zero attached hydrogens (tertiary/aromatic N) is 1. The Balaban J connectivity index is 2.67. The van der Waals surface area contributed by atoms with Crippen molar-refractivity contribution in [3.05, 3.63) is 30.3 Å². The second kappa shape index (κ2) is 6.45. The highest BCUT2D eigenvalue weighted by molar-refractivity contribution is 7.74. The molecule has 0 unspecified atom stereocenters. The molecular formula is C11H17NO2S. The lowest BCUT2D eigenvalue weighted by molar-refractivity contribution is 0.606. The van der Waals surface area contributed by atoms with Crippen LogP contribution in [0.4, 0.5) is 5.69 Å². The maximum atomic E-state index is 11.1. The van der Waals surface area contributed by atoms with Gasteiger partial charge in [0.2, 0.25) is 10.9 Å². The van der Waals surface area contributed by atoms with Crippen molar-refractivity contribution in [2.45, 2.75) is 26.2 Å². The molecule has 0 aromatic heterocycles. The van der Waals surface area contributed by atoms with Crippen molar-refractivity contribution in [2.75, 3.05) is 10.8 Å². The molecule has 0 N–H and O–H groups in total. The highest BCUT2D eigenvalue weighted by Crippen LogP contribution is 2.14. The zero-order valence-corrected chi connectivity index (χ0v) is 9.82. The molecule has 0 bridgehead atoms. The van der Waals surface area contributed by atoms with E-state index in [-0.39, 0.29) is 0 Å². The number of hydrogen-bond donors (Lipinski definition) is 1. The second-order valence-corrected chi connectivity index (χ2v) is 4.36. The Labute approximate surface area is 92.8 Å². The van der Waals surface area contributed by atoms with Crippen molar-refractivity contribution in [2.24, 2.45) is 0 Å². The van der Waals surface area contributed by atoms with Crippen LogP contribution in [0, 0.1) is 0 Å². The Bertz CT molecular complexity index is 341. The molecule has 0 atom stereocenters. The second-order valence-electron chi connectivity index (χ2n) is 3.40. The van der Waals surface area contributed by atoms with Crippen molar-refractivity contribution in [3.8, 4) is 0 Å². The molecule has 0 aliphatic heterocycles. The summed E-state index contributed by atoms with van der Waals surface area (Å²) in [6, 6.07) is 9.21. The lowest BCUT2D eigenvalue weighted by Gasteiger charge is -2.17. The molecule has 0 radical (unpaired) electrons. The lowest BCUT2D eigenvalue weighted by atomic mass is 10.2. The van der Waals surface area contributed by atoms with Crippen molar-refractivity contribution >= 4 is 16.6 Å². The maximum absolute atomic E-state index is 11.1. The zero-order valence-electron chi connectivity index (χ0n) is 8.93. The molecule has 1 rings (SSSR count).